The second kappa shape index (κ2) is 5.52. The van der Waals surface area contributed by atoms with Crippen molar-refractivity contribution in [3.8, 4) is 11.5 Å². The molecule has 0 saturated carbocycles. The Morgan fingerprint density at radius 1 is 1.05 bits per heavy atom. The summed E-state index contributed by atoms with van der Waals surface area (Å²) in [5.74, 6) is -0.135. The molecule has 0 aliphatic carbocycles. The molecule has 98 valence electrons. The first-order valence-corrected chi connectivity index (χ1v) is 5.72. The van der Waals surface area contributed by atoms with E-state index in [0.717, 1.165) is 5.56 Å². The second-order valence-corrected chi connectivity index (χ2v) is 4.05. The second-order valence-electron chi connectivity index (χ2n) is 4.05. The number of benzene rings is 2. The van der Waals surface area contributed by atoms with Gasteiger partial charge in [-0.2, -0.15) is 0 Å². The zero-order chi connectivity index (χ0) is 13.8. The summed E-state index contributed by atoms with van der Waals surface area (Å²) in [5, 5.41) is 0. The van der Waals surface area contributed by atoms with Crippen LogP contribution in [0.3, 0.4) is 0 Å². The van der Waals surface area contributed by atoms with E-state index in [1.54, 1.807) is 12.1 Å². The molecule has 0 aliphatic rings. The van der Waals surface area contributed by atoms with Crippen LogP contribution < -0.4 is 9.47 Å². The van der Waals surface area contributed by atoms with Crippen LogP contribution in [-0.4, -0.2) is 13.1 Å². The monoisotopic (exact) mass is 260 g/mol. The molecule has 0 atom stereocenters. The van der Waals surface area contributed by atoms with E-state index in [-0.39, 0.29) is 5.56 Å². The highest BCUT2D eigenvalue weighted by Crippen LogP contribution is 2.28. The first-order valence-electron chi connectivity index (χ1n) is 5.72. The van der Waals surface area contributed by atoms with Gasteiger partial charge in [0.15, 0.2) is 11.5 Å². The lowest BCUT2D eigenvalue weighted by atomic mass is 10.2. The van der Waals surface area contributed by atoms with Gasteiger partial charge < -0.3 is 9.47 Å². The highest BCUT2D eigenvalue weighted by molar-refractivity contribution is 5.91. The van der Waals surface area contributed by atoms with Crippen molar-refractivity contribution in [2.75, 3.05) is 7.11 Å². The van der Waals surface area contributed by atoms with Crippen molar-refractivity contribution in [1.82, 2.24) is 0 Å². The third-order valence-corrected chi connectivity index (χ3v) is 2.60. The summed E-state index contributed by atoms with van der Waals surface area (Å²) >= 11 is 0. The number of hydrogen-bond donors (Lipinski definition) is 0. The predicted octanol–water partition coefficient (Wildman–Crippen LogP) is 3.36. The summed E-state index contributed by atoms with van der Waals surface area (Å²) < 4.78 is 23.1. The Balaban J connectivity index is 2.21. The van der Waals surface area contributed by atoms with Gasteiger partial charge in [0.05, 0.1) is 12.7 Å². The van der Waals surface area contributed by atoms with Crippen molar-refractivity contribution in [2.24, 2.45) is 0 Å². The lowest BCUT2D eigenvalue weighted by Crippen LogP contribution is -2.09. The average Bonchev–Trinajstić information content (AvgIpc) is 2.41. The molecule has 0 aromatic heterocycles. The van der Waals surface area contributed by atoms with Crippen molar-refractivity contribution in [3.63, 3.8) is 0 Å². The van der Waals surface area contributed by atoms with E-state index in [1.165, 1.54) is 31.4 Å². The molecular weight excluding hydrogens is 247 g/mol. The maximum atomic E-state index is 12.8. The van der Waals surface area contributed by atoms with Crippen LogP contribution in [0.1, 0.15) is 15.9 Å². The van der Waals surface area contributed by atoms with E-state index in [9.17, 15) is 9.18 Å². The van der Waals surface area contributed by atoms with Crippen LogP contribution in [0.5, 0.6) is 11.5 Å². The fourth-order valence-electron chi connectivity index (χ4n) is 1.60. The van der Waals surface area contributed by atoms with Gasteiger partial charge in [-0.15, -0.1) is 0 Å². The van der Waals surface area contributed by atoms with E-state index in [4.69, 9.17) is 9.47 Å². The Kier molecular flexibility index (Phi) is 3.80. The lowest BCUT2D eigenvalue weighted by Gasteiger charge is -2.09. The summed E-state index contributed by atoms with van der Waals surface area (Å²) in [4.78, 5) is 11.9. The average molecular weight is 260 g/mol. The molecule has 19 heavy (non-hydrogen) atoms. The third-order valence-electron chi connectivity index (χ3n) is 2.60. The lowest BCUT2D eigenvalue weighted by molar-refractivity contribution is 0.0729. The predicted molar refractivity (Wildman–Crippen MR) is 69.1 cm³/mol. The summed E-state index contributed by atoms with van der Waals surface area (Å²) in [6, 6.07) is 10.4. The summed E-state index contributed by atoms with van der Waals surface area (Å²) in [5.41, 5.74) is 1.28. The number of halogens is 1. The molecule has 0 radical (unpaired) electrons. The summed E-state index contributed by atoms with van der Waals surface area (Å²) in [6.45, 7) is 1.91. The normalized spacial score (nSPS) is 10.1. The standard InChI is InChI=1S/C15H13FO3/c1-10-3-8-13(14(9-10)18-2)19-15(17)11-4-6-12(16)7-5-11/h3-9H,1-2H3. The quantitative estimate of drug-likeness (QED) is 0.627. The van der Waals surface area contributed by atoms with Crippen molar-refractivity contribution in [1.29, 1.82) is 0 Å². The van der Waals surface area contributed by atoms with Crippen LogP contribution in [0.2, 0.25) is 0 Å². The number of esters is 1. The van der Waals surface area contributed by atoms with Crippen LogP contribution >= 0.6 is 0 Å². The molecule has 0 spiro atoms. The molecule has 4 heteroatoms. The van der Waals surface area contributed by atoms with Gasteiger partial charge in [-0.3, -0.25) is 0 Å². The number of ether oxygens (including phenoxy) is 2. The smallest absolute Gasteiger partial charge is 0.343 e. The molecule has 0 aliphatic heterocycles. The van der Waals surface area contributed by atoms with Gasteiger partial charge >= 0.3 is 5.97 Å². The largest absolute Gasteiger partial charge is 0.493 e. The summed E-state index contributed by atoms with van der Waals surface area (Å²) in [7, 11) is 1.50. The van der Waals surface area contributed by atoms with E-state index in [0.29, 0.717) is 11.5 Å². The van der Waals surface area contributed by atoms with E-state index in [1.807, 2.05) is 13.0 Å². The fourth-order valence-corrected chi connectivity index (χ4v) is 1.60. The molecule has 0 amide bonds. The zero-order valence-electron chi connectivity index (χ0n) is 10.6. The van der Waals surface area contributed by atoms with Crippen LogP contribution in [0.25, 0.3) is 0 Å². The SMILES string of the molecule is COc1cc(C)ccc1OC(=O)c1ccc(F)cc1. The molecule has 2 aromatic carbocycles. The Hall–Kier alpha value is -2.36. The van der Waals surface area contributed by atoms with Crippen LogP contribution in [0, 0.1) is 12.7 Å². The molecule has 0 heterocycles. The molecule has 2 rings (SSSR count). The van der Waals surface area contributed by atoms with Gasteiger partial charge in [-0.25, -0.2) is 9.18 Å². The maximum Gasteiger partial charge on any atom is 0.343 e. The molecule has 3 nitrogen and oxygen atoms in total. The zero-order valence-corrected chi connectivity index (χ0v) is 10.6. The Morgan fingerprint density at radius 2 is 1.74 bits per heavy atom. The van der Waals surface area contributed by atoms with Crippen molar-refractivity contribution in [2.45, 2.75) is 6.92 Å². The Bertz CT molecular complexity index is 591. The van der Waals surface area contributed by atoms with Gasteiger partial charge in [0.2, 0.25) is 0 Å². The van der Waals surface area contributed by atoms with Crippen molar-refractivity contribution >= 4 is 5.97 Å². The summed E-state index contributed by atoms with van der Waals surface area (Å²) in [6.07, 6.45) is 0. The third kappa shape index (κ3) is 3.10. The number of carbonyl (C=O) groups excluding carboxylic acids is 1. The van der Waals surface area contributed by atoms with E-state index in [2.05, 4.69) is 0 Å². The molecule has 0 saturated heterocycles. The minimum atomic E-state index is -0.554. The van der Waals surface area contributed by atoms with Gasteiger partial charge in [0.25, 0.3) is 0 Å². The molecular formula is C15H13FO3. The van der Waals surface area contributed by atoms with E-state index >= 15 is 0 Å². The maximum absolute atomic E-state index is 12.8. The minimum absolute atomic E-state index is 0.282. The first-order chi connectivity index (χ1) is 9.10. The van der Waals surface area contributed by atoms with Gasteiger partial charge in [0.1, 0.15) is 5.82 Å². The highest BCUT2D eigenvalue weighted by atomic mass is 19.1. The molecule has 0 N–H and O–H groups in total. The van der Waals surface area contributed by atoms with Gasteiger partial charge in [-0.05, 0) is 48.9 Å². The van der Waals surface area contributed by atoms with Crippen LogP contribution in [-0.2, 0) is 0 Å². The van der Waals surface area contributed by atoms with Crippen molar-refractivity contribution in [3.05, 3.63) is 59.4 Å². The Morgan fingerprint density at radius 3 is 2.37 bits per heavy atom. The minimum Gasteiger partial charge on any atom is -0.493 e. The number of rotatable bonds is 3. The number of carbonyl (C=O) groups is 1. The Labute approximate surface area is 110 Å². The number of methoxy groups -OCH3 is 1. The molecule has 2 aromatic rings. The fraction of sp³-hybridized carbons (Fsp3) is 0.133. The highest BCUT2D eigenvalue weighted by Gasteiger charge is 2.12. The van der Waals surface area contributed by atoms with Gasteiger partial charge in [-0.1, -0.05) is 6.07 Å². The van der Waals surface area contributed by atoms with E-state index < -0.39 is 11.8 Å². The number of aryl methyl sites for hydroxylation is 1. The molecule has 0 unspecified atom stereocenters. The number of hydrogen-bond acceptors (Lipinski definition) is 3. The van der Waals surface area contributed by atoms with Gasteiger partial charge in [0, 0.05) is 0 Å². The topological polar surface area (TPSA) is 35.5 Å². The molecule has 0 bridgehead atoms. The van der Waals surface area contributed by atoms with Crippen molar-refractivity contribution < 1.29 is 18.7 Å². The molecule has 0 fully saturated rings. The van der Waals surface area contributed by atoms with Crippen LogP contribution in [0.4, 0.5) is 4.39 Å². The van der Waals surface area contributed by atoms with Crippen LogP contribution in [0.15, 0.2) is 42.5 Å². The first kappa shape index (κ1) is 13.1.